The summed E-state index contributed by atoms with van der Waals surface area (Å²) >= 11 is 6.34. The fourth-order valence-corrected chi connectivity index (χ4v) is 3.88. The van der Waals surface area contributed by atoms with Crippen LogP contribution in [0.1, 0.15) is 64.0 Å². The van der Waals surface area contributed by atoms with Crippen LogP contribution in [-0.4, -0.2) is 10.7 Å². The summed E-state index contributed by atoms with van der Waals surface area (Å²) in [6, 6.07) is 6.15. The van der Waals surface area contributed by atoms with Crippen molar-refractivity contribution in [2.45, 2.75) is 71.8 Å². The highest BCUT2D eigenvalue weighted by Gasteiger charge is 2.35. The Balaban J connectivity index is 2.08. The van der Waals surface area contributed by atoms with Crippen molar-refractivity contribution in [3.05, 3.63) is 34.3 Å². The SMILES string of the molecule is Cc1ccc(CC2(O)CCCC(C(C)(C)C)CC2)c(Cl)c1. The summed E-state index contributed by atoms with van der Waals surface area (Å²) in [5.41, 5.74) is 2.01. The normalized spacial score (nSPS) is 27.4. The Bertz CT molecular complexity index is 489. The van der Waals surface area contributed by atoms with Crippen LogP contribution in [0.4, 0.5) is 0 Å². The molecule has 2 heteroatoms. The minimum absolute atomic E-state index is 0.340. The minimum atomic E-state index is -0.584. The second-order valence-corrected chi connectivity index (χ2v) is 8.40. The molecule has 0 spiro atoms. The molecule has 0 radical (unpaired) electrons. The van der Waals surface area contributed by atoms with Gasteiger partial charge in [0.1, 0.15) is 0 Å². The van der Waals surface area contributed by atoms with E-state index < -0.39 is 5.60 Å². The lowest BCUT2D eigenvalue weighted by molar-refractivity contribution is 0.0225. The van der Waals surface area contributed by atoms with Crippen molar-refractivity contribution in [1.29, 1.82) is 0 Å². The standard InChI is InChI=1S/C19H29ClO/c1-14-7-8-15(17(20)12-14)13-19(21)10-5-6-16(9-11-19)18(2,3)4/h7-8,12,16,21H,5-6,9-11,13H2,1-4H3. The molecule has 0 bridgehead atoms. The third-order valence-corrected chi connectivity index (χ3v) is 5.46. The molecule has 2 atom stereocenters. The van der Waals surface area contributed by atoms with E-state index in [1.807, 2.05) is 13.0 Å². The molecule has 0 heterocycles. The van der Waals surface area contributed by atoms with E-state index in [2.05, 4.69) is 32.9 Å². The fraction of sp³-hybridized carbons (Fsp3) is 0.684. The summed E-state index contributed by atoms with van der Waals surface area (Å²) in [6.07, 6.45) is 5.92. The van der Waals surface area contributed by atoms with Gasteiger partial charge in [0, 0.05) is 11.4 Å². The van der Waals surface area contributed by atoms with Crippen molar-refractivity contribution in [2.24, 2.45) is 11.3 Å². The monoisotopic (exact) mass is 308 g/mol. The summed E-state index contributed by atoms with van der Waals surface area (Å²) < 4.78 is 0. The summed E-state index contributed by atoms with van der Waals surface area (Å²) in [7, 11) is 0. The molecule has 118 valence electrons. The van der Waals surface area contributed by atoms with Gasteiger partial charge in [0.25, 0.3) is 0 Å². The van der Waals surface area contributed by atoms with Crippen LogP contribution in [0, 0.1) is 18.3 Å². The first kappa shape index (κ1) is 16.8. The van der Waals surface area contributed by atoms with Crippen molar-refractivity contribution in [1.82, 2.24) is 0 Å². The van der Waals surface area contributed by atoms with Gasteiger partial charge >= 0.3 is 0 Å². The molecule has 0 aromatic heterocycles. The van der Waals surface area contributed by atoms with E-state index in [-0.39, 0.29) is 0 Å². The maximum absolute atomic E-state index is 11.0. The lowest BCUT2D eigenvalue weighted by Gasteiger charge is -2.31. The molecule has 21 heavy (non-hydrogen) atoms. The number of hydrogen-bond donors (Lipinski definition) is 1. The van der Waals surface area contributed by atoms with E-state index in [0.717, 1.165) is 36.3 Å². The zero-order chi connectivity index (χ0) is 15.7. The predicted octanol–water partition coefficient (Wildman–Crippen LogP) is 5.55. The van der Waals surface area contributed by atoms with Crippen LogP contribution < -0.4 is 0 Å². The molecule has 2 rings (SSSR count). The molecule has 0 amide bonds. The molecule has 1 aliphatic carbocycles. The summed E-state index contributed by atoms with van der Waals surface area (Å²) in [5, 5.41) is 11.8. The van der Waals surface area contributed by atoms with E-state index >= 15 is 0 Å². The first-order valence-electron chi connectivity index (χ1n) is 8.17. The highest BCUT2D eigenvalue weighted by Crippen LogP contribution is 2.41. The molecule has 1 nitrogen and oxygen atoms in total. The van der Waals surface area contributed by atoms with Gasteiger partial charge in [-0.05, 0) is 61.1 Å². The third kappa shape index (κ3) is 4.47. The van der Waals surface area contributed by atoms with Crippen LogP contribution in [0.5, 0.6) is 0 Å². The average molecular weight is 309 g/mol. The molecule has 1 aromatic rings. The molecule has 1 saturated carbocycles. The molecule has 1 aromatic carbocycles. The Labute approximate surface area is 134 Å². The Kier molecular flexibility index (Phi) is 5.05. The fourth-order valence-electron chi connectivity index (χ4n) is 3.58. The van der Waals surface area contributed by atoms with Crippen molar-refractivity contribution in [3.8, 4) is 0 Å². The molecular formula is C19H29ClO. The highest BCUT2D eigenvalue weighted by atomic mass is 35.5. The lowest BCUT2D eigenvalue weighted by atomic mass is 9.76. The number of aliphatic hydroxyl groups is 1. The van der Waals surface area contributed by atoms with Crippen LogP contribution in [0.15, 0.2) is 18.2 Å². The first-order chi connectivity index (χ1) is 9.70. The predicted molar refractivity (Wildman–Crippen MR) is 90.9 cm³/mol. The molecule has 1 aliphatic rings. The van der Waals surface area contributed by atoms with Gasteiger partial charge in [-0.1, -0.05) is 50.9 Å². The molecule has 0 aliphatic heterocycles. The Morgan fingerprint density at radius 1 is 1.24 bits per heavy atom. The number of halogens is 1. The van der Waals surface area contributed by atoms with Gasteiger partial charge in [0.2, 0.25) is 0 Å². The van der Waals surface area contributed by atoms with Crippen molar-refractivity contribution in [2.75, 3.05) is 0 Å². The maximum atomic E-state index is 11.0. The smallest absolute Gasteiger partial charge is 0.0688 e. The van der Waals surface area contributed by atoms with Crippen LogP contribution in [0.2, 0.25) is 5.02 Å². The molecule has 0 saturated heterocycles. The third-order valence-electron chi connectivity index (χ3n) is 5.11. The zero-order valence-corrected chi connectivity index (χ0v) is 14.6. The van der Waals surface area contributed by atoms with Crippen LogP contribution in [-0.2, 0) is 6.42 Å². The van der Waals surface area contributed by atoms with Gasteiger partial charge < -0.3 is 5.11 Å². The second kappa shape index (κ2) is 6.30. The number of rotatable bonds is 2. The Morgan fingerprint density at radius 3 is 2.57 bits per heavy atom. The topological polar surface area (TPSA) is 20.2 Å². The lowest BCUT2D eigenvalue weighted by Crippen LogP contribution is -2.31. The Morgan fingerprint density at radius 2 is 1.95 bits per heavy atom. The summed E-state index contributed by atoms with van der Waals surface area (Å²) in [5.74, 6) is 0.708. The van der Waals surface area contributed by atoms with Crippen LogP contribution in [0.25, 0.3) is 0 Å². The average Bonchev–Trinajstić information content (AvgIpc) is 2.55. The molecule has 1 N–H and O–H groups in total. The van der Waals surface area contributed by atoms with Gasteiger partial charge in [0.05, 0.1) is 5.60 Å². The van der Waals surface area contributed by atoms with Crippen molar-refractivity contribution in [3.63, 3.8) is 0 Å². The first-order valence-corrected chi connectivity index (χ1v) is 8.55. The molecule has 2 unspecified atom stereocenters. The quantitative estimate of drug-likeness (QED) is 0.710. The molecular weight excluding hydrogens is 280 g/mol. The molecule has 1 fully saturated rings. The number of benzene rings is 1. The largest absolute Gasteiger partial charge is 0.390 e. The Hall–Kier alpha value is -0.530. The maximum Gasteiger partial charge on any atom is 0.0688 e. The van der Waals surface area contributed by atoms with Gasteiger partial charge in [0.15, 0.2) is 0 Å². The van der Waals surface area contributed by atoms with Crippen LogP contribution in [0.3, 0.4) is 0 Å². The van der Waals surface area contributed by atoms with E-state index in [4.69, 9.17) is 11.6 Å². The van der Waals surface area contributed by atoms with Gasteiger partial charge in [-0.3, -0.25) is 0 Å². The van der Waals surface area contributed by atoms with Crippen LogP contribution >= 0.6 is 11.6 Å². The second-order valence-electron chi connectivity index (χ2n) is 7.99. The van der Waals surface area contributed by atoms with E-state index in [1.165, 1.54) is 12.0 Å². The van der Waals surface area contributed by atoms with Crippen molar-refractivity contribution >= 4 is 11.6 Å². The van der Waals surface area contributed by atoms with E-state index in [0.29, 0.717) is 17.8 Å². The minimum Gasteiger partial charge on any atom is -0.390 e. The zero-order valence-electron chi connectivity index (χ0n) is 13.9. The summed E-state index contributed by atoms with van der Waals surface area (Å²) in [4.78, 5) is 0. The van der Waals surface area contributed by atoms with Crippen molar-refractivity contribution < 1.29 is 5.11 Å². The summed E-state index contributed by atoms with van der Waals surface area (Å²) in [6.45, 7) is 9.00. The number of aryl methyl sites for hydroxylation is 1. The van der Waals surface area contributed by atoms with Gasteiger partial charge in [-0.2, -0.15) is 0 Å². The number of hydrogen-bond acceptors (Lipinski definition) is 1. The highest BCUT2D eigenvalue weighted by molar-refractivity contribution is 6.31. The van der Waals surface area contributed by atoms with E-state index in [1.54, 1.807) is 0 Å². The van der Waals surface area contributed by atoms with E-state index in [9.17, 15) is 5.11 Å². The van der Waals surface area contributed by atoms with Gasteiger partial charge in [-0.25, -0.2) is 0 Å². The van der Waals surface area contributed by atoms with Gasteiger partial charge in [-0.15, -0.1) is 0 Å².